The summed E-state index contributed by atoms with van der Waals surface area (Å²) in [6.45, 7) is 3.34. The highest BCUT2D eigenvalue weighted by atomic mass is 16.5. The number of hydrogen-bond donors (Lipinski definition) is 1. The Hall–Kier alpha value is -0.650. The Kier molecular flexibility index (Phi) is 7.37. The maximum Gasteiger partial charge on any atom is 0.322 e. The first-order valence-electron chi connectivity index (χ1n) is 4.59. The van der Waals surface area contributed by atoms with Crippen molar-refractivity contribution >= 4 is 5.97 Å². The predicted molar refractivity (Wildman–Crippen MR) is 52.0 cm³/mol. The number of carbonyl (C=O) groups is 1. The van der Waals surface area contributed by atoms with Crippen LogP contribution in [0.1, 0.15) is 6.92 Å². The Bertz CT molecular complexity index is 163. The molecular formula is C9H19NO4. The SMILES string of the molecule is COCCN(CCO)C(C)C(=O)OC. The van der Waals surface area contributed by atoms with E-state index in [1.54, 1.807) is 14.0 Å². The van der Waals surface area contributed by atoms with Crippen LogP contribution in [0.4, 0.5) is 0 Å². The van der Waals surface area contributed by atoms with Crippen LogP contribution < -0.4 is 0 Å². The molecule has 0 aromatic rings. The van der Waals surface area contributed by atoms with Crippen molar-refractivity contribution in [2.45, 2.75) is 13.0 Å². The number of hydrogen-bond acceptors (Lipinski definition) is 5. The topological polar surface area (TPSA) is 59.0 Å². The predicted octanol–water partition coefficient (Wildman–Crippen LogP) is -0.511. The third-order valence-electron chi connectivity index (χ3n) is 2.06. The molecule has 0 aromatic heterocycles. The third-order valence-corrected chi connectivity index (χ3v) is 2.06. The molecule has 0 heterocycles. The molecule has 0 amide bonds. The fourth-order valence-electron chi connectivity index (χ4n) is 1.16. The summed E-state index contributed by atoms with van der Waals surface area (Å²) in [6.07, 6.45) is 0. The standard InChI is InChI=1S/C9H19NO4/c1-8(9(12)14-3)10(4-6-11)5-7-13-2/h8,11H,4-7H2,1-3H3. The van der Waals surface area contributed by atoms with Gasteiger partial charge >= 0.3 is 5.97 Å². The minimum atomic E-state index is -0.345. The molecule has 0 fully saturated rings. The molecule has 0 bridgehead atoms. The fourth-order valence-corrected chi connectivity index (χ4v) is 1.16. The van der Waals surface area contributed by atoms with Crippen LogP contribution in [0.25, 0.3) is 0 Å². The molecule has 14 heavy (non-hydrogen) atoms. The average Bonchev–Trinajstić information content (AvgIpc) is 2.22. The minimum absolute atomic E-state index is 0.0189. The van der Waals surface area contributed by atoms with Gasteiger partial charge in [-0.05, 0) is 6.92 Å². The molecule has 1 atom stereocenters. The molecule has 0 spiro atoms. The van der Waals surface area contributed by atoms with Crippen LogP contribution in [-0.4, -0.2) is 62.5 Å². The number of aliphatic hydroxyl groups excluding tert-OH is 1. The van der Waals surface area contributed by atoms with Crippen LogP contribution in [0, 0.1) is 0 Å². The van der Waals surface area contributed by atoms with Gasteiger partial charge in [0.25, 0.3) is 0 Å². The van der Waals surface area contributed by atoms with E-state index in [9.17, 15) is 4.79 Å². The van der Waals surface area contributed by atoms with Crippen LogP contribution in [0.15, 0.2) is 0 Å². The number of rotatable bonds is 7. The summed E-state index contributed by atoms with van der Waals surface area (Å²) in [7, 11) is 2.95. The maximum absolute atomic E-state index is 11.2. The Morgan fingerprint density at radius 1 is 1.43 bits per heavy atom. The maximum atomic E-state index is 11.2. The van der Waals surface area contributed by atoms with E-state index in [2.05, 4.69) is 4.74 Å². The first kappa shape index (κ1) is 13.4. The number of nitrogens with zero attached hydrogens (tertiary/aromatic N) is 1. The molecule has 0 saturated carbocycles. The second-order valence-electron chi connectivity index (χ2n) is 2.95. The number of carbonyl (C=O) groups excluding carboxylic acids is 1. The monoisotopic (exact) mass is 205 g/mol. The van der Waals surface area contributed by atoms with Crippen molar-refractivity contribution in [1.29, 1.82) is 0 Å². The Morgan fingerprint density at radius 2 is 2.07 bits per heavy atom. The lowest BCUT2D eigenvalue weighted by atomic mass is 10.3. The zero-order valence-corrected chi connectivity index (χ0v) is 9.02. The number of ether oxygens (including phenoxy) is 2. The quantitative estimate of drug-likeness (QED) is 0.567. The molecule has 5 heteroatoms. The zero-order chi connectivity index (χ0) is 11.0. The van der Waals surface area contributed by atoms with Crippen LogP contribution in [0.5, 0.6) is 0 Å². The van der Waals surface area contributed by atoms with Crippen molar-refractivity contribution in [1.82, 2.24) is 4.90 Å². The van der Waals surface area contributed by atoms with E-state index in [0.29, 0.717) is 19.7 Å². The third kappa shape index (κ3) is 4.55. The van der Waals surface area contributed by atoms with E-state index in [1.165, 1.54) is 7.11 Å². The lowest BCUT2D eigenvalue weighted by molar-refractivity contribution is -0.146. The van der Waals surface area contributed by atoms with Gasteiger partial charge in [0.2, 0.25) is 0 Å². The fraction of sp³-hybridized carbons (Fsp3) is 0.889. The second kappa shape index (κ2) is 7.73. The van der Waals surface area contributed by atoms with Gasteiger partial charge in [-0.1, -0.05) is 0 Å². The largest absolute Gasteiger partial charge is 0.468 e. The molecule has 0 aliphatic carbocycles. The molecule has 84 valence electrons. The average molecular weight is 205 g/mol. The van der Waals surface area contributed by atoms with Crippen molar-refractivity contribution < 1.29 is 19.4 Å². The van der Waals surface area contributed by atoms with Gasteiger partial charge in [-0.15, -0.1) is 0 Å². The molecule has 0 aliphatic heterocycles. The van der Waals surface area contributed by atoms with Gasteiger partial charge in [0, 0.05) is 20.2 Å². The molecule has 0 aromatic carbocycles. The normalized spacial score (nSPS) is 12.9. The number of aliphatic hydroxyl groups is 1. The first-order chi connectivity index (χ1) is 6.67. The van der Waals surface area contributed by atoms with Crippen molar-refractivity contribution in [3.05, 3.63) is 0 Å². The Morgan fingerprint density at radius 3 is 2.50 bits per heavy atom. The molecular weight excluding hydrogens is 186 g/mol. The summed E-state index contributed by atoms with van der Waals surface area (Å²) >= 11 is 0. The molecule has 0 radical (unpaired) electrons. The molecule has 1 N–H and O–H groups in total. The van der Waals surface area contributed by atoms with Gasteiger partial charge in [0.15, 0.2) is 0 Å². The van der Waals surface area contributed by atoms with E-state index in [4.69, 9.17) is 9.84 Å². The number of methoxy groups -OCH3 is 2. The highest BCUT2D eigenvalue weighted by Gasteiger charge is 2.20. The van der Waals surface area contributed by atoms with Crippen LogP contribution in [0.3, 0.4) is 0 Å². The van der Waals surface area contributed by atoms with Crippen LogP contribution >= 0.6 is 0 Å². The van der Waals surface area contributed by atoms with Crippen LogP contribution in [-0.2, 0) is 14.3 Å². The van der Waals surface area contributed by atoms with E-state index >= 15 is 0 Å². The second-order valence-corrected chi connectivity index (χ2v) is 2.95. The van der Waals surface area contributed by atoms with Crippen molar-refractivity contribution in [2.24, 2.45) is 0 Å². The van der Waals surface area contributed by atoms with Gasteiger partial charge in [-0.3, -0.25) is 9.69 Å². The summed E-state index contributed by atoms with van der Waals surface area (Å²) in [5.41, 5.74) is 0. The molecule has 5 nitrogen and oxygen atoms in total. The Balaban J connectivity index is 4.09. The van der Waals surface area contributed by atoms with Crippen molar-refractivity contribution in [2.75, 3.05) is 40.5 Å². The highest BCUT2D eigenvalue weighted by Crippen LogP contribution is 2.00. The molecule has 0 rings (SSSR count). The van der Waals surface area contributed by atoms with Crippen molar-refractivity contribution in [3.8, 4) is 0 Å². The summed E-state index contributed by atoms with van der Waals surface area (Å²) in [6, 6.07) is -0.345. The first-order valence-corrected chi connectivity index (χ1v) is 4.59. The number of esters is 1. The van der Waals surface area contributed by atoms with Crippen LogP contribution in [0.2, 0.25) is 0 Å². The molecule has 0 aliphatic rings. The van der Waals surface area contributed by atoms with Gasteiger partial charge < -0.3 is 14.6 Å². The lowest BCUT2D eigenvalue weighted by Gasteiger charge is -2.25. The summed E-state index contributed by atoms with van der Waals surface area (Å²) in [5, 5.41) is 8.80. The molecule has 0 saturated heterocycles. The van der Waals surface area contributed by atoms with E-state index < -0.39 is 0 Å². The molecule has 1 unspecified atom stereocenters. The van der Waals surface area contributed by atoms with Gasteiger partial charge in [-0.25, -0.2) is 0 Å². The van der Waals surface area contributed by atoms with Crippen molar-refractivity contribution in [3.63, 3.8) is 0 Å². The van der Waals surface area contributed by atoms with Gasteiger partial charge in [0.05, 0.1) is 20.3 Å². The van der Waals surface area contributed by atoms with Gasteiger partial charge in [-0.2, -0.15) is 0 Å². The summed E-state index contributed by atoms with van der Waals surface area (Å²) < 4.78 is 9.52. The summed E-state index contributed by atoms with van der Waals surface area (Å²) in [4.78, 5) is 13.0. The smallest absolute Gasteiger partial charge is 0.322 e. The summed E-state index contributed by atoms with van der Waals surface area (Å²) in [5.74, 6) is -0.297. The Labute approximate surface area is 84.6 Å². The highest BCUT2D eigenvalue weighted by molar-refractivity contribution is 5.75. The van der Waals surface area contributed by atoms with E-state index in [1.807, 2.05) is 4.90 Å². The van der Waals surface area contributed by atoms with E-state index in [-0.39, 0.29) is 18.6 Å². The van der Waals surface area contributed by atoms with E-state index in [0.717, 1.165) is 0 Å². The zero-order valence-electron chi connectivity index (χ0n) is 9.02. The van der Waals surface area contributed by atoms with Gasteiger partial charge in [0.1, 0.15) is 6.04 Å². The minimum Gasteiger partial charge on any atom is -0.468 e. The lowest BCUT2D eigenvalue weighted by Crippen LogP contribution is -2.43.